The summed E-state index contributed by atoms with van der Waals surface area (Å²) in [7, 11) is 0. The maximum Gasteiger partial charge on any atom is 0.0799 e. The van der Waals surface area contributed by atoms with Gasteiger partial charge in [0.1, 0.15) is 0 Å². The highest BCUT2D eigenvalue weighted by molar-refractivity contribution is 5.10. The summed E-state index contributed by atoms with van der Waals surface area (Å²) in [5.74, 6) is 0. The van der Waals surface area contributed by atoms with Gasteiger partial charge in [0.25, 0.3) is 0 Å². The second-order valence-corrected chi connectivity index (χ2v) is 3.22. The van der Waals surface area contributed by atoms with Crippen molar-refractivity contribution < 1.29 is 10.2 Å². The van der Waals surface area contributed by atoms with E-state index in [1.807, 2.05) is 43.4 Å². The summed E-state index contributed by atoms with van der Waals surface area (Å²) in [4.78, 5) is 0. The molecule has 0 amide bonds. The van der Waals surface area contributed by atoms with Gasteiger partial charge in [-0.1, -0.05) is 36.5 Å². The monoisotopic (exact) mass is 196 g/mol. The van der Waals surface area contributed by atoms with Gasteiger partial charge in [0.15, 0.2) is 0 Å². The molecular weight excluding hydrogens is 176 g/mol. The van der Waals surface area contributed by atoms with Crippen molar-refractivity contribution in [1.29, 1.82) is 0 Å². The molecule has 14 heavy (non-hydrogen) atoms. The van der Waals surface area contributed by atoms with Crippen molar-refractivity contribution in [3.8, 4) is 0 Å². The van der Waals surface area contributed by atoms with Crippen LogP contribution in [0, 0.1) is 0 Å². The molecule has 0 aromatic carbocycles. The Bertz CT molecular complexity index is 202. The third-order valence-corrected chi connectivity index (χ3v) is 1.85. The van der Waals surface area contributed by atoms with E-state index in [9.17, 15) is 5.11 Å². The first-order chi connectivity index (χ1) is 6.68. The number of allylic oxidation sites excluding steroid dienone is 6. The molecule has 0 spiro atoms. The zero-order valence-electron chi connectivity index (χ0n) is 8.93. The van der Waals surface area contributed by atoms with Crippen LogP contribution in [-0.4, -0.2) is 22.4 Å². The topological polar surface area (TPSA) is 40.5 Å². The molecule has 0 fully saturated rings. The Morgan fingerprint density at radius 2 is 1.71 bits per heavy atom. The van der Waals surface area contributed by atoms with Crippen LogP contribution in [-0.2, 0) is 0 Å². The minimum Gasteiger partial charge on any atom is -0.391 e. The fraction of sp³-hybridized carbons (Fsp3) is 0.500. The van der Waals surface area contributed by atoms with Gasteiger partial charge in [-0.05, 0) is 26.7 Å². The van der Waals surface area contributed by atoms with Gasteiger partial charge in [0.05, 0.1) is 12.2 Å². The Morgan fingerprint density at radius 3 is 2.29 bits per heavy atom. The highest BCUT2D eigenvalue weighted by Crippen LogP contribution is 2.02. The highest BCUT2D eigenvalue weighted by Gasteiger charge is 2.08. The first-order valence-corrected chi connectivity index (χ1v) is 4.99. The van der Waals surface area contributed by atoms with Crippen LogP contribution in [0.2, 0.25) is 0 Å². The summed E-state index contributed by atoms with van der Waals surface area (Å²) in [5, 5.41) is 18.3. The minimum absolute atomic E-state index is 0.603. The van der Waals surface area contributed by atoms with E-state index < -0.39 is 12.2 Å². The van der Waals surface area contributed by atoms with Gasteiger partial charge < -0.3 is 10.2 Å². The number of rotatable bonds is 6. The molecule has 0 saturated heterocycles. The molecule has 0 bridgehead atoms. The number of aliphatic hydroxyl groups is 2. The molecule has 0 aliphatic heterocycles. The Kier molecular flexibility index (Phi) is 8.19. The molecule has 2 N–H and O–H groups in total. The first kappa shape index (κ1) is 13.1. The van der Waals surface area contributed by atoms with Crippen molar-refractivity contribution in [2.75, 3.05) is 0 Å². The van der Waals surface area contributed by atoms with E-state index in [0.717, 1.165) is 6.42 Å². The summed E-state index contributed by atoms with van der Waals surface area (Å²) in [5.41, 5.74) is 0. The predicted octanol–water partition coefficient (Wildman–Crippen LogP) is 2.20. The second-order valence-electron chi connectivity index (χ2n) is 3.22. The number of aliphatic hydroxyl groups excluding tert-OH is 2. The predicted molar refractivity (Wildman–Crippen MR) is 60.0 cm³/mol. The Balaban J connectivity index is 3.53. The lowest BCUT2D eigenvalue weighted by Crippen LogP contribution is -2.21. The van der Waals surface area contributed by atoms with Crippen LogP contribution in [0.25, 0.3) is 0 Å². The zero-order valence-corrected chi connectivity index (χ0v) is 8.93. The van der Waals surface area contributed by atoms with Crippen LogP contribution in [0.1, 0.15) is 26.7 Å². The summed E-state index contributed by atoms with van der Waals surface area (Å²) in [6.07, 6.45) is 11.9. The summed E-state index contributed by atoms with van der Waals surface area (Å²) in [6.45, 7) is 3.56. The molecule has 2 nitrogen and oxygen atoms in total. The molecule has 2 atom stereocenters. The molecule has 2 unspecified atom stereocenters. The summed E-state index contributed by atoms with van der Waals surface area (Å²) >= 11 is 0. The van der Waals surface area contributed by atoms with E-state index in [1.165, 1.54) is 0 Å². The van der Waals surface area contributed by atoms with E-state index in [4.69, 9.17) is 5.11 Å². The van der Waals surface area contributed by atoms with E-state index in [-0.39, 0.29) is 0 Å². The zero-order chi connectivity index (χ0) is 10.8. The highest BCUT2D eigenvalue weighted by atomic mass is 16.3. The maximum atomic E-state index is 9.25. The third kappa shape index (κ3) is 7.77. The average molecular weight is 196 g/mol. The van der Waals surface area contributed by atoms with E-state index >= 15 is 0 Å². The van der Waals surface area contributed by atoms with Crippen LogP contribution in [0.4, 0.5) is 0 Å². The van der Waals surface area contributed by atoms with E-state index in [2.05, 4.69) is 0 Å². The van der Waals surface area contributed by atoms with Crippen molar-refractivity contribution in [1.82, 2.24) is 0 Å². The molecule has 2 heteroatoms. The standard InChI is InChI=1S/C12H20O2/c1-3-4-5-6-7-8-9-10-12(14)11(2)13/h3-8,11-14H,9-10H2,1-2H3. The maximum absolute atomic E-state index is 9.25. The normalized spacial score (nSPS) is 17.1. The van der Waals surface area contributed by atoms with Gasteiger partial charge in [-0.3, -0.25) is 0 Å². The van der Waals surface area contributed by atoms with Gasteiger partial charge in [-0.2, -0.15) is 0 Å². The fourth-order valence-corrected chi connectivity index (χ4v) is 0.922. The average Bonchev–Trinajstić information content (AvgIpc) is 2.16. The molecule has 0 rings (SSSR count). The van der Waals surface area contributed by atoms with E-state index in [1.54, 1.807) is 6.92 Å². The Labute approximate surface area is 86.3 Å². The molecular formula is C12H20O2. The minimum atomic E-state index is -0.637. The molecule has 0 saturated carbocycles. The van der Waals surface area contributed by atoms with Gasteiger partial charge in [-0.25, -0.2) is 0 Å². The van der Waals surface area contributed by atoms with Gasteiger partial charge in [-0.15, -0.1) is 0 Å². The first-order valence-electron chi connectivity index (χ1n) is 4.99. The van der Waals surface area contributed by atoms with Crippen LogP contribution in [0.5, 0.6) is 0 Å². The molecule has 0 aromatic heterocycles. The quantitative estimate of drug-likeness (QED) is 0.639. The second kappa shape index (κ2) is 8.73. The molecule has 0 aromatic rings. The number of hydrogen-bond acceptors (Lipinski definition) is 2. The molecule has 0 aliphatic carbocycles. The lowest BCUT2D eigenvalue weighted by atomic mass is 10.1. The van der Waals surface area contributed by atoms with Gasteiger partial charge in [0, 0.05) is 0 Å². The molecule has 80 valence electrons. The largest absolute Gasteiger partial charge is 0.391 e. The summed E-state index contributed by atoms with van der Waals surface area (Å²) < 4.78 is 0. The lowest BCUT2D eigenvalue weighted by Gasteiger charge is -2.11. The fourth-order valence-electron chi connectivity index (χ4n) is 0.922. The van der Waals surface area contributed by atoms with Crippen LogP contribution in [0.15, 0.2) is 36.5 Å². The van der Waals surface area contributed by atoms with Crippen molar-refractivity contribution in [3.05, 3.63) is 36.5 Å². The van der Waals surface area contributed by atoms with Gasteiger partial charge in [0.2, 0.25) is 0 Å². The van der Waals surface area contributed by atoms with Crippen LogP contribution >= 0.6 is 0 Å². The lowest BCUT2D eigenvalue weighted by molar-refractivity contribution is 0.0269. The van der Waals surface area contributed by atoms with Crippen molar-refractivity contribution >= 4 is 0 Å². The number of hydrogen-bond donors (Lipinski definition) is 2. The van der Waals surface area contributed by atoms with Crippen molar-refractivity contribution in [3.63, 3.8) is 0 Å². The van der Waals surface area contributed by atoms with E-state index in [0.29, 0.717) is 6.42 Å². The van der Waals surface area contributed by atoms with Crippen molar-refractivity contribution in [2.24, 2.45) is 0 Å². The third-order valence-electron chi connectivity index (χ3n) is 1.85. The molecule has 0 aliphatic rings. The molecule has 0 heterocycles. The van der Waals surface area contributed by atoms with Crippen LogP contribution < -0.4 is 0 Å². The van der Waals surface area contributed by atoms with Crippen molar-refractivity contribution in [2.45, 2.75) is 38.9 Å². The SMILES string of the molecule is CC=CC=CC=CCCC(O)C(C)O. The Morgan fingerprint density at radius 1 is 1.07 bits per heavy atom. The Hall–Kier alpha value is -0.860. The van der Waals surface area contributed by atoms with Gasteiger partial charge >= 0.3 is 0 Å². The smallest absolute Gasteiger partial charge is 0.0799 e. The van der Waals surface area contributed by atoms with Crippen LogP contribution in [0.3, 0.4) is 0 Å². The molecule has 0 radical (unpaired) electrons. The summed E-state index contributed by atoms with van der Waals surface area (Å²) in [6, 6.07) is 0.